The van der Waals surface area contributed by atoms with Crippen molar-refractivity contribution in [2.45, 2.75) is 25.4 Å². The molecule has 5 nitrogen and oxygen atoms in total. The van der Waals surface area contributed by atoms with Crippen molar-refractivity contribution in [2.24, 2.45) is 0 Å². The van der Waals surface area contributed by atoms with E-state index in [4.69, 9.17) is 17.5 Å². The lowest BCUT2D eigenvalue weighted by Gasteiger charge is -2.32. The first-order valence-electron chi connectivity index (χ1n) is 10.4. The predicted molar refractivity (Wildman–Crippen MR) is 119 cm³/mol. The number of aryl methyl sites for hydroxylation is 1. The van der Waals surface area contributed by atoms with Crippen molar-refractivity contribution < 1.29 is 18.0 Å². The highest BCUT2D eigenvalue weighted by Crippen LogP contribution is 2.35. The number of anilines is 2. The number of alkyl halides is 3. The number of thiocarbonyl (C=S) groups is 1. The molecule has 166 valence electrons. The number of hydrogen-bond donors (Lipinski definition) is 0. The molecule has 1 saturated heterocycles. The number of carbonyl (C=O) groups is 1. The number of benzene rings is 2. The number of halogens is 3. The van der Waals surface area contributed by atoms with Crippen molar-refractivity contribution in [3.63, 3.8) is 0 Å². The molecule has 9 heteroatoms. The van der Waals surface area contributed by atoms with Crippen LogP contribution in [-0.2, 0) is 17.4 Å². The van der Waals surface area contributed by atoms with Gasteiger partial charge in [-0.25, -0.2) is 0 Å². The zero-order valence-corrected chi connectivity index (χ0v) is 18.0. The number of nitrogens with zero attached hydrogens (tertiary/aromatic N) is 4. The van der Waals surface area contributed by atoms with E-state index in [0.29, 0.717) is 6.54 Å². The van der Waals surface area contributed by atoms with E-state index in [1.54, 1.807) is 11.0 Å². The second-order valence-electron chi connectivity index (χ2n) is 7.85. The lowest BCUT2D eigenvalue weighted by molar-refractivity contribution is -0.137. The van der Waals surface area contributed by atoms with Crippen molar-refractivity contribution in [2.75, 3.05) is 36.0 Å². The highest BCUT2D eigenvalue weighted by Gasteiger charge is 2.38. The summed E-state index contributed by atoms with van der Waals surface area (Å²) in [5.41, 5.74) is 1.03. The number of carbonyl (C=O) groups excluding carboxylic acids is 1. The van der Waals surface area contributed by atoms with Gasteiger partial charge >= 0.3 is 6.18 Å². The van der Waals surface area contributed by atoms with Gasteiger partial charge in [-0.3, -0.25) is 9.69 Å². The van der Waals surface area contributed by atoms with Crippen LogP contribution in [0.2, 0.25) is 0 Å². The van der Waals surface area contributed by atoms with E-state index in [1.807, 2.05) is 12.1 Å². The van der Waals surface area contributed by atoms with Crippen LogP contribution in [0.1, 0.15) is 29.5 Å². The van der Waals surface area contributed by atoms with Gasteiger partial charge in [0, 0.05) is 25.3 Å². The van der Waals surface area contributed by atoms with Crippen molar-refractivity contribution in [1.29, 1.82) is 5.26 Å². The molecule has 0 unspecified atom stereocenters. The third-order valence-electron chi connectivity index (χ3n) is 5.79. The van der Waals surface area contributed by atoms with E-state index >= 15 is 0 Å². The van der Waals surface area contributed by atoms with Gasteiger partial charge in [0.1, 0.15) is 0 Å². The quantitative estimate of drug-likeness (QED) is 0.624. The van der Waals surface area contributed by atoms with Crippen molar-refractivity contribution in [1.82, 2.24) is 4.90 Å². The standard InChI is InChI=1S/C23H21F3N4OS/c24-23(25,26)19-13-18(9-8-17(19)14-27)30-21(31)15-29(22(30)32)12-4-11-28-10-3-6-16-5-1-2-7-20(16)28/h1-2,5,7-9,13H,3-4,6,10-12,15H2. The summed E-state index contributed by atoms with van der Waals surface area (Å²) in [5.74, 6) is -0.379. The highest BCUT2D eigenvalue weighted by atomic mass is 32.1. The van der Waals surface area contributed by atoms with Crippen LogP contribution in [0.15, 0.2) is 42.5 Å². The molecule has 2 aromatic rings. The fraction of sp³-hybridized carbons (Fsp3) is 0.348. The van der Waals surface area contributed by atoms with Gasteiger partial charge in [0.25, 0.3) is 5.91 Å². The summed E-state index contributed by atoms with van der Waals surface area (Å²) in [4.78, 5) is 17.8. The van der Waals surface area contributed by atoms with E-state index in [2.05, 4.69) is 17.0 Å². The van der Waals surface area contributed by atoms with Crippen molar-refractivity contribution in [3.8, 4) is 6.07 Å². The zero-order chi connectivity index (χ0) is 22.9. The summed E-state index contributed by atoms with van der Waals surface area (Å²) in [6, 6.07) is 13.1. The summed E-state index contributed by atoms with van der Waals surface area (Å²) >= 11 is 5.42. The summed E-state index contributed by atoms with van der Waals surface area (Å²) in [5, 5.41) is 9.17. The first-order valence-corrected chi connectivity index (χ1v) is 10.8. The Hall–Kier alpha value is -3.12. The van der Waals surface area contributed by atoms with Gasteiger partial charge in [0.2, 0.25) is 0 Å². The molecular formula is C23H21F3N4OS. The Morgan fingerprint density at radius 2 is 1.84 bits per heavy atom. The average Bonchev–Trinajstić information content (AvgIpc) is 3.06. The maximum absolute atomic E-state index is 13.3. The number of rotatable bonds is 5. The Bertz CT molecular complexity index is 1100. The second-order valence-corrected chi connectivity index (χ2v) is 8.21. The third kappa shape index (κ3) is 4.28. The van der Waals surface area contributed by atoms with E-state index in [9.17, 15) is 18.0 Å². The maximum Gasteiger partial charge on any atom is 0.417 e. The van der Waals surface area contributed by atoms with Crippen LogP contribution < -0.4 is 9.80 Å². The number of amides is 1. The smallest absolute Gasteiger partial charge is 0.371 e. The minimum Gasteiger partial charge on any atom is -0.371 e. The molecule has 2 aromatic carbocycles. The molecule has 0 radical (unpaired) electrons. The molecule has 0 bridgehead atoms. The molecule has 0 saturated carbocycles. The minimum absolute atomic E-state index is 0.0246. The molecule has 0 spiro atoms. The highest BCUT2D eigenvalue weighted by molar-refractivity contribution is 7.80. The lowest BCUT2D eigenvalue weighted by Crippen LogP contribution is -2.36. The summed E-state index contributed by atoms with van der Waals surface area (Å²) < 4.78 is 40.0. The largest absolute Gasteiger partial charge is 0.417 e. The molecule has 2 aliphatic rings. The van der Waals surface area contributed by atoms with Crippen LogP contribution in [0, 0.1) is 11.3 Å². The van der Waals surface area contributed by atoms with E-state index in [-0.39, 0.29) is 23.3 Å². The van der Waals surface area contributed by atoms with Crippen molar-refractivity contribution >= 4 is 34.6 Å². The zero-order valence-electron chi connectivity index (χ0n) is 17.2. The van der Waals surface area contributed by atoms with Gasteiger partial charge in [-0.1, -0.05) is 18.2 Å². The van der Waals surface area contributed by atoms with Crippen LogP contribution in [0.4, 0.5) is 24.5 Å². The SMILES string of the molecule is N#Cc1ccc(N2C(=O)CN(CCCN3CCCc4ccccc43)C2=S)cc1C(F)(F)F. The predicted octanol–water partition coefficient (Wildman–Crippen LogP) is 4.35. The van der Waals surface area contributed by atoms with Crippen LogP contribution in [-0.4, -0.2) is 42.1 Å². The topological polar surface area (TPSA) is 50.6 Å². The Morgan fingerprint density at radius 1 is 1.09 bits per heavy atom. The minimum atomic E-state index is -4.70. The summed E-state index contributed by atoms with van der Waals surface area (Å²) in [6.07, 6.45) is -1.78. The van der Waals surface area contributed by atoms with Gasteiger partial charge in [-0.05, 0) is 61.3 Å². The number of fused-ring (bicyclic) bond motifs is 1. The Balaban J connectivity index is 1.44. The molecular weight excluding hydrogens is 437 g/mol. The first kappa shape index (κ1) is 22.1. The summed E-state index contributed by atoms with van der Waals surface area (Å²) in [7, 11) is 0. The van der Waals surface area contributed by atoms with E-state index < -0.39 is 17.3 Å². The van der Waals surface area contributed by atoms with Gasteiger partial charge < -0.3 is 9.80 Å². The monoisotopic (exact) mass is 458 g/mol. The molecule has 0 aromatic heterocycles. The first-order chi connectivity index (χ1) is 15.3. The Labute approximate surface area is 189 Å². The van der Waals surface area contributed by atoms with Crippen LogP contribution in [0.5, 0.6) is 0 Å². The average molecular weight is 459 g/mol. The Kier molecular flexibility index (Phi) is 6.07. The molecule has 0 atom stereocenters. The number of para-hydroxylation sites is 1. The molecule has 1 amide bonds. The molecule has 0 aliphatic carbocycles. The number of nitriles is 1. The van der Waals surface area contributed by atoms with Crippen LogP contribution in [0.25, 0.3) is 0 Å². The fourth-order valence-electron chi connectivity index (χ4n) is 4.28. The third-order valence-corrected chi connectivity index (χ3v) is 6.23. The van der Waals surface area contributed by atoms with E-state index in [1.165, 1.54) is 17.3 Å². The lowest BCUT2D eigenvalue weighted by atomic mass is 10.0. The molecule has 2 aliphatic heterocycles. The molecule has 2 heterocycles. The maximum atomic E-state index is 13.3. The molecule has 4 rings (SSSR count). The molecule has 32 heavy (non-hydrogen) atoms. The van der Waals surface area contributed by atoms with E-state index in [0.717, 1.165) is 49.4 Å². The second kappa shape index (κ2) is 8.79. The van der Waals surface area contributed by atoms with Crippen molar-refractivity contribution in [3.05, 3.63) is 59.2 Å². The fourth-order valence-corrected chi connectivity index (χ4v) is 4.64. The number of hydrogen-bond acceptors (Lipinski definition) is 4. The normalized spacial score (nSPS) is 16.4. The van der Waals surface area contributed by atoms with Gasteiger partial charge in [0.15, 0.2) is 5.11 Å². The van der Waals surface area contributed by atoms with Crippen LogP contribution >= 0.6 is 12.2 Å². The molecule has 0 N–H and O–H groups in total. The van der Waals surface area contributed by atoms with Gasteiger partial charge in [-0.15, -0.1) is 0 Å². The van der Waals surface area contributed by atoms with Gasteiger partial charge in [-0.2, -0.15) is 18.4 Å². The summed E-state index contributed by atoms with van der Waals surface area (Å²) in [6.45, 7) is 2.33. The van der Waals surface area contributed by atoms with Gasteiger partial charge in [0.05, 0.1) is 29.4 Å². The molecule has 1 fully saturated rings. The van der Waals surface area contributed by atoms with Crippen LogP contribution in [0.3, 0.4) is 0 Å². The Morgan fingerprint density at radius 3 is 2.59 bits per heavy atom.